The minimum absolute atomic E-state index is 1.28. The molecule has 0 aromatic heterocycles. The first-order valence-corrected chi connectivity index (χ1v) is 1.63. The molecule has 0 heterocycles. The molecule has 0 bridgehead atoms. The fraction of sp³-hybridized carbons (Fsp3) is 1.00. The van der Waals surface area contributed by atoms with Crippen LogP contribution in [-0.2, 0) is 9.57 Å². The van der Waals surface area contributed by atoms with Gasteiger partial charge in [0.1, 0.15) is 0 Å². The molecule has 0 aliphatic carbocycles. The summed E-state index contributed by atoms with van der Waals surface area (Å²) in [5.74, 6) is 4.54. The molecule has 6 N–H and O–H groups in total. The van der Waals surface area contributed by atoms with Crippen molar-refractivity contribution in [2.75, 3.05) is 7.11 Å². The van der Waals surface area contributed by atoms with Crippen molar-refractivity contribution in [2.24, 2.45) is 17.4 Å². The second-order valence-corrected chi connectivity index (χ2v) is 1.04. The van der Waals surface area contributed by atoms with Crippen molar-refractivity contribution < 1.29 is 9.57 Å². The maximum absolute atomic E-state index is 4.92. The Labute approximate surface area is 41.3 Å². The number of hydrogen-bond acceptors (Lipinski definition) is 5. The van der Waals surface area contributed by atoms with Crippen molar-refractivity contribution >= 4 is 0 Å². The summed E-state index contributed by atoms with van der Waals surface area (Å²) in [6, 6.07) is -1.64. The fourth-order valence-electron chi connectivity index (χ4n) is 0.0481. The van der Waals surface area contributed by atoms with E-state index >= 15 is 0 Å². The van der Waals surface area contributed by atoms with Crippen LogP contribution in [0.3, 0.4) is 0 Å². The van der Waals surface area contributed by atoms with Gasteiger partial charge in [-0.05, 0) is 0 Å². The smallest absolute Gasteiger partial charge is 0.302 e. The third-order valence-corrected chi connectivity index (χ3v) is 0.503. The maximum atomic E-state index is 4.92. The van der Waals surface area contributed by atoms with Gasteiger partial charge in [-0.1, -0.05) is 0 Å². The van der Waals surface area contributed by atoms with Crippen LogP contribution in [-0.4, -0.2) is 13.1 Å². The van der Waals surface area contributed by atoms with E-state index in [1.807, 2.05) is 0 Å². The molecule has 7 heavy (non-hydrogen) atoms. The summed E-state index contributed by atoms with van der Waals surface area (Å²) in [6.45, 7) is 0. The topological polar surface area (TPSA) is 96.5 Å². The van der Waals surface area contributed by atoms with Crippen LogP contribution in [0.5, 0.6) is 0 Å². The number of methoxy groups -OCH3 is 1. The van der Waals surface area contributed by atoms with Gasteiger partial charge < -0.3 is 4.74 Å². The average Bonchev–Trinajstić information content (AvgIpc) is 1.68. The Kier molecular flexibility index (Phi) is 2.13. The van der Waals surface area contributed by atoms with E-state index in [1.54, 1.807) is 0 Å². The first-order chi connectivity index (χ1) is 3.12. The summed E-state index contributed by atoms with van der Waals surface area (Å²) in [6.07, 6.45) is 0. The third-order valence-electron chi connectivity index (χ3n) is 0.503. The largest absolute Gasteiger partial charge is 0.327 e. The molecule has 0 saturated carbocycles. The number of nitrogens with two attached hydrogens (primary N) is 3. The van der Waals surface area contributed by atoms with Crippen molar-refractivity contribution in [1.82, 2.24) is 0 Å². The molecule has 0 spiro atoms. The zero-order chi connectivity index (χ0) is 5.91. The Morgan fingerprint density at radius 3 is 1.86 bits per heavy atom. The molecule has 44 valence electrons. The molecule has 0 fully saturated rings. The summed E-state index contributed by atoms with van der Waals surface area (Å²) < 4.78 is 4.30. The Hall–Kier alpha value is -0.200. The van der Waals surface area contributed by atoms with E-state index in [-0.39, 0.29) is 0 Å². The first-order valence-electron chi connectivity index (χ1n) is 1.63. The normalized spacial score (nSPS) is 12.0. The lowest BCUT2D eigenvalue weighted by atomic mass is 10.9. The van der Waals surface area contributed by atoms with Crippen LogP contribution in [0.2, 0.25) is 0 Å². The molecular weight excluding hydrogens is 98.0 g/mol. The van der Waals surface area contributed by atoms with Gasteiger partial charge in [-0.15, -0.1) is 0 Å². The SMILES string of the molecule is COC(N)(N)ON. The lowest BCUT2D eigenvalue weighted by Crippen LogP contribution is -2.55. The fourth-order valence-corrected chi connectivity index (χ4v) is 0.0481. The molecule has 5 nitrogen and oxygen atoms in total. The van der Waals surface area contributed by atoms with Crippen LogP contribution in [0, 0.1) is 0 Å². The van der Waals surface area contributed by atoms with E-state index in [1.165, 1.54) is 7.11 Å². The van der Waals surface area contributed by atoms with Gasteiger partial charge in [0.25, 0.3) is 0 Å². The number of ether oxygens (including phenoxy) is 1. The van der Waals surface area contributed by atoms with Crippen molar-refractivity contribution in [2.45, 2.75) is 6.03 Å². The molecule has 5 heteroatoms. The predicted octanol–water partition coefficient (Wildman–Crippen LogP) is -1.95. The van der Waals surface area contributed by atoms with Gasteiger partial charge in [0.2, 0.25) is 0 Å². The molecule has 0 atom stereocenters. The molecule has 0 amide bonds. The van der Waals surface area contributed by atoms with Crippen molar-refractivity contribution in [3.8, 4) is 0 Å². The highest BCUT2D eigenvalue weighted by molar-refractivity contribution is 4.39. The van der Waals surface area contributed by atoms with Gasteiger partial charge in [0.15, 0.2) is 0 Å². The summed E-state index contributed by atoms with van der Waals surface area (Å²) in [5.41, 5.74) is 9.85. The Morgan fingerprint density at radius 1 is 1.43 bits per heavy atom. The molecule has 0 aliphatic rings. The van der Waals surface area contributed by atoms with E-state index in [0.717, 1.165) is 0 Å². The van der Waals surface area contributed by atoms with Crippen LogP contribution < -0.4 is 17.4 Å². The molecular formula is C2H9N3O2. The molecule has 0 aromatic rings. The van der Waals surface area contributed by atoms with Crippen LogP contribution in [0.15, 0.2) is 0 Å². The van der Waals surface area contributed by atoms with Crippen LogP contribution in [0.25, 0.3) is 0 Å². The lowest BCUT2D eigenvalue weighted by molar-refractivity contribution is -0.218. The Morgan fingerprint density at radius 2 is 1.86 bits per heavy atom. The van der Waals surface area contributed by atoms with E-state index in [4.69, 9.17) is 11.5 Å². The summed E-state index contributed by atoms with van der Waals surface area (Å²) in [5, 5.41) is 0. The molecule has 0 radical (unpaired) electrons. The van der Waals surface area contributed by atoms with Crippen molar-refractivity contribution in [1.29, 1.82) is 0 Å². The highest BCUT2D eigenvalue weighted by Crippen LogP contribution is 1.84. The molecule has 0 unspecified atom stereocenters. The van der Waals surface area contributed by atoms with E-state index in [2.05, 4.69) is 15.5 Å². The zero-order valence-corrected chi connectivity index (χ0v) is 4.05. The third kappa shape index (κ3) is 2.49. The van der Waals surface area contributed by atoms with E-state index in [9.17, 15) is 0 Å². The van der Waals surface area contributed by atoms with Gasteiger partial charge in [0, 0.05) is 7.11 Å². The molecule has 0 rings (SSSR count). The minimum atomic E-state index is -1.64. The standard InChI is InChI=1S/C2H9N3O2/c1-6-2(3,4)7-5/h3-5H2,1H3. The minimum Gasteiger partial charge on any atom is -0.327 e. The monoisotopic (exact) mass is 107 g/mol. The van der Waals surface area contributed by atoms with Gasteiger partial charge >= 0.3 is 6.03 Å². The second-order valence-electron chi connectivity index (χ2n) is 1.04. The van der Waals surface area contributed by atoms with Gasteiger partial charge in [-0.2, -0.15) is 0 Å². The van der Waals surface area contributed by atoms with Crippen LogP contribution in [0.4, 0.5) is 0 Å². The lowest BCUT2D eigenvalue weighted by Gasteiger charge is -2.17. The van der Waals surface area contributed by atoms with Gasteiger partial charge in [-0.25, -0.2) is 10.7 Å². The summed E-state index contributed by atoms with van der Waals surface area (Å²) in [7, 11) is 1.28. The highest BCUT2D eigenvalue weighted by Gasteiger charge is 2.15. The predicted molar refractivity (Wildman–Crippen MR) is 23.4 cm³/mol. The molecule has 0 saturated heterocycles. The molecule has 0 aliphatic heterocycles. The van der Waals surface area contributed by atoms with Gasteiger partial charge in [-0.3, -0.25) is 11.5 Å². The average molecular weight is 107 g/mol. The Bertz CT molecular complexity index is 48.9. The van der Waals surface area contributed by atoms with Crippen molar-refractivity contribution in [3.63, 3.8) is 0 Å². The van der Waals surface area contributed by atoms with Crippen LogP contribution in [0.1, 0.15) is 0 Å². The quantitative estimate of drug-likeness (QED) is 0.281. The first kappa shape index (κ1) is 6.80. The van der Waals surface area contributed by atoms with E-state index < -0.39 is 6.03 Å². The Balaban J connectivity index is 3.36. The second kappa shape index (κ2) is 2.20. The maximum Gasteiger partial charge on any atom is 0.302 e. The van der Waals surface area contributed by atoms with Crippen LogP contribution >= 0.6 is 0 Å². The molecule has 0 aromatic carbocycles. The van der Waals surface area contributed by atoms with E-state index in [0.29, 0.717) is 0 Å². The number of hydrogen-bond donors (Lipinski definition) is 3. The highest BCUT2D eigenvalue weighted by atomic mass is 16.8. The summed E-state index contributed by atoms with van der Waals surface area (Å²) in [4.78, 5) is 3.92. The zero-order valence-electron chi connectivity index (χ0n) is 4.05. The van der Waals surface area contributed by atoms with Gasteiger partial charge in [0.05, 0.1) is 0 Å². The number of rotatable bonds is 2. The van der Waals surface area contributed by atoms with Crippen molar-refractivity contribution in [3.05, 3.63) is 0 Å². The summed E-state index contributed by atoms with van der Waals surface area (Å²) >= 11 is 0.